The first-order valence-corrected chi connectivity index (χ1v) is 13.0. The molecule has 3 aromatic heterocycles. The standard InChI is InChI=1S/C24H29N7O4S.2H2/c1-5-35-20-13-26-12-18(27-20)17-10-9-16(22(28-17)31-14-15(2)11-24(31,3)4)23(32)30-36(33,34)21-8-6-7-19(25)29-21;;/h6-10,12-13,15H,5,11,14H2,1-4H3,(H2,25,29)(H,30,32);2*1H. The molecule has 1 atom stereocenters. The number of nitrogens with two attached hydrogens (primary N) is 1. The molecular weight excluding hydrogens is 482 g/mol. The minimum atomic E-state index is -4.26. The summed E-state index contributed by atoms with van der Waals surface area (Å²) < 4.78 is 33.3. The molecule has 0 spiro atoms. The largest absolute Gasteiger partial charge is 0.477 e. The molecule has 1 aliphatic heterocycles. The number of nitrogens with zero attached hydrogens (tertiary/aromatic N) is 5. The summed E-state index contributed by atoms with van der Waals surface area (Å²) in [7, 11) is -4.26. The van der Waals surface area contributed by atoms with Crippen LogP contribution in [0, 0.1) is 5.92 Å². The highest BCUT2D eigenvalue weighted by Gasteiger charge is 2.39. The Kier molecular flexibility index (Phi) is 6.81. The van der Waals surface area contributed by atoms with Crippen LogP contribution < -0.4 is 20.1 Å². The summed E-state index contributed by atoms with van der Waals surface area (Å²) in [5, 5.41) is -0.347. The highest BCUT2D eigenvalue weighted by molar-refractivity contribution is 7.90. The van der Waals surface area contributed by atoms with Crippen LogP contribution in [-0.2, 0) is 10.0 Å². The van der Waals surface area contributed by atoms with Crippen molar-refractivity contribution >= 4 is 27.6 Å². The van der Waals surface area contributed by atoms with E-state index in [4.69, 9.17) is 15.5 Å². The molecule has 1 aliphatic rings. The van der Waals surface area contributed by atoms with Crippen LogP contribution in [0.5, 0.6) is 5.88 Å². The maximum Gasteiger partial charge on any atom is 0.281 e. The minimum absolute atomic E-state index is 0. The monoisotopic (exact) mass is 515 g/mol. The van der Waals surface area contributed by atoms with E-state index in [2.05, 4.69) is 40.4 Å². The molecule has 1 saturated heterocycles. The van der Waals surface area contributed by atoms with E-state index in [1.807, 2.05) is 11.8 Å². The number of hydrogen-bond acceptors (Lipinski definition) is 10. The molecule has 4 rings (SSSR count). The molecule has 1 fully saturated rings. The fraction of sp³-hybridized carbons (Fsp3) is 0.375. The van der Waals surface area contributed by atoms with E-state index in [-0.39, 0.29) is 24.8 Å². The second-order valence-corrected chi connectivity index (χ2v) is 10.9. The van der Waals surface area contributed by atoms with Gasteiger partial charge in [0.15, 0.2) is 5.03 Å². The van der Waals surface area contributed by atoms with Gasteiger partial charge in [0.1, 0.15) is 17.3 Å². The van der Waals surface area contributed by atoms with E-state index in [0.29, 0.717) is 42.2 Å². The van der Waals surface area contributed by atoms with Crippen molar-refractivity contribution < 1.29 is 20.8 Å². The van der Waals surface area contributed by atoms with Crippen LogP contribution in [0.1, 0.15) is 47.3 Å². The van der Waals surface area contributed by atoms with Gasteiger partial charge in [-0.15, -0.1) is 0 Å². The van der Waals surface area contributed by atoms with Crippen LogP contribution in [0.15, 0.2) is 47.8 Å². The van der Waals surface area contributed by atoms with Gasteiger partial charge < -0.3 is 15.4 Å². The van der Waals surface area contributed by atoms with Gasteiger partial charge >= 0.3 is 0 Å². The zero-order chi connectivity index (χ0) is 26.1. The van der Waals surface area contributed by atoms with Crippen LogP contribution in [0.2, 0.25) is 0 Å². The van der Waals surface area contributed by atoms with Crippen LogP contribution >= 0.6 is 0 Å². The number of sulfonamides is 1. The number of anilines is 2. The van der Waals surface area contributed by atoms with Crippen molar-refractivity contribution in [3.05, 3.63) is 48.3 Å². The Morgan fingerprint density at radius 2 is 1.97 bits per heavy atom. The number of rotatable bonds is 7. The molecule has 0 aliphatic carbocycles. The SMILES string of the molecule is CCOc1cncc(-c2ccc(C(=O)NS(=O)(=O)c3cccc(N)n3)c(N3CC(C)CC3(C)C)n2)n1.[HH].[HH]. The fourth-order valence-electron chi connectivity index (χ4n) is 4.43. The topological polar surface area (TPSA) is 153 Å². The lowest BCUT2D eigenvalue weighted by Gasteiger charge is -2.34. The van der Waals surface area contributed by atoms with Gasteiger partial charge in [-0.1, -0.05) is 13.0 Å². The Morgan fingerprint density at radius 1 is 1.19 bits per heavy atom. The Balaban J connectivity index is 0.00000253. The van der Waals surface area contributed by atoms with Crippen molar-refractivity contribution in [3.8, 4) is 17.3 Å². The van der Waals surface area contributed by atoms with Gasteiger partial charge in [-0.05, 0) is 57.4 Å². The predicted octanol–water partition coefficient (Wildman–Crippen LogP) is 3.15. The van der Waals surface area contributed by atoms with Crippen LogP contribution in [0.4, 0.5) is 11.6 Å². The molecule has 1 amide bonds. The van der Waals surface area contributed by atoms with E-state index < -0.39 is 15.9 Å². The number of carbonyl (C=O) groups excluding carboxylic acids is 1. The number of hydrogen-bond donors (Lipinski definition) is 2. The van der Waals surface area contributed by atoms with Crippen molar-refractivity contribution in [1.29, 1.82) is 0 Å². The number of pyridine rings is 2. The average molecular weight is 516 g/mol. The normalized spacial score (nSPS) is 17.1. The molecule has 0 radical (unpaired) electrons. The Labute approximate surface area is 213 Å². The van der Waals surface area contributed by atoms with Gasteiger partial charge in [-0.25, -0.2) is 19.7 Å². The van der Waals surface area contributed by atoms with Gasteiger partial charge in [-0.2, -0.15) is 8.42 Å². The minimum Gasteiger partial charge on any atom is -0.477 e. The number of ether oxygens (including phenoxy) is 1. The first kappa shape index (κ1) is 25.3. The van der Waals surface area contributed by atoms with Crippen molar-refractivity contribution in [2.45, 2.75) is 44.7 Å². The number of carbonyl (C=O) groups is 1. The lowest BCUT2D eigenvalue weighted by atomic mass is 9.97. The van der Waals surface area contributed by atoms with E-state index in [1.165, 1.54) is 24.4 Å². The van der Waals surface area contributed by atoms with Crippen molar-refractivity contribution in [2.75, 3.05) is 23.8 Å². The Hall–Kier alpha value is -3.80. The molecule has 4 heterocycles. The second-order valence-electron chi connectivity index (χ2n) is 9.31. The van der Waals surface area contributed by atoms with Crippen molar-refractivity contribution in [2.24, 2.45) is 5.92 Å². The molecule has 1 unspecified atom stereocenters. The lowest BCUT2D eigenvalue weighted by Crippen LogP contribution is -2.41. The quantitative estimate of drug-likeness (QED) is 0.479. The zero-order valence-corrected chi connectivity index (χ0v) is 21.4. The summed E-state index contributed by atoms with van der Waals surface area (Å²) >= 11 is 0. The summed E-state index contributed by atoms with van der Waals surface area (Å²) in [6.45, 7) is 9.19. The molecule has 0 saturated carbocycles. The third-order valence-corrected chi connectivity index (χ3v) is 7.10. The van der Waals surface area contributed by atoms with Crippen molar-refractivity contribution in [1.82, 2.24) is 24.7 Å². The summed E-state index contributed by atoms with van der Waals surface area (Å²) in [5.41, 5.74) is 6.37. The van der Waals surface area contributed by atoms with E-state index in [9.17, 15) is 13.2 Å². The van der Waals surface area contributed by atoms with Crippen LogP contribution in [0.3, 0.4) is 0 Å². The van der Waals surface area contributed by atoms with Gasteiger partial charge in [0.2, 0.25) is 5.88 Å². The lowest BCUT2D eigenvalue weighted by molar-refractivity contribution is 0.0981. The van der Waals surface area contributed by atoms with Gasteiger partial charge in [0.05, 0.1) is 30.3 Å². The van der Waals surface area contributed by atoms with Gasteiger partial charge in [0, 0.05) is 14.9 Å². The number of amides is 1. The smallest absolute Gasteiger partial charge is 0.281 e. The van der Waals surface area contributed by atoms with E-state index in [0.717, 1.165) is 6.42 Å². The molecule has 0 bridgehead atoms. The van der Waals surface area contributed by atoms with Gasteiger partial charge in [-0.3, -0.25) is 9.78 Å². The molecule has 12 heteroatoms. The summed E-state index contributed by atoms with van der Waals surface area (Å²) in [4.78, 5) is 32.6. The summed E-state index contributed by atoms with van der Waals surface area (Å²) in [5.74, 6) is 0.274. The number of aromatic nitrogens is 4. The van der Waals surface area contributed by atoms with Crippen molar-refractivity contribution in [3.63, 3.8) is 0 Å². The predicted molar refractivity (Wildman–Crippen MR) is 139 cm³/mol. The average Bonchev–Trinajstić information content (AvgIpc) is 3.10. The summed E-state index contributed by atoms with van der Waals surface area (Å²) in [6.07, 6.45) is 3.95. The second kappa shape index (κ2) is 9.69. The molecule has 194 valence electrons. The van der Waals surface area contributed by atoms with Gasteiger partial charge in [0.25, 0.3) is 15.9 Å². The third-order valence-electron chi connectivity index (χ3n) is 5.86. The Morgan fingerprint density at radius 3 is 2.64 bits per heavy atom. The molecule has 3 aromatic rings. The van der Waals surface area contributed by atoms with E-state index in [1.54, 1.807) is 18.3 Å². The molecule has 11 nitrogen and oxygen atoms in total. The third kappa shape index (κ3) is 5.23. The number of nitrogens with one attached hydrogen (secondary N) is 1. The first-order chi connectivity index (χ1) is 17.0. The van der Waals surface area contributed by atoms with E-state index >= 15 is 0 Å². The van der Waals surface area contributed by atoms with Crippen LogP contribution in [0.25, 0.3) is 11.4 Å². The number of nitrogen functional groups attached to an aromatic ring is 1. The maximum absolute atomic E-state index is 13.3. The highest BCUT2D eigenvalue weighted by atomic mass is 32.2. The zero-order valence-electron chi connectivity index (χ0n) is 20.6. The van der Waals surface area contributed by atoms with Crippen LogP contribution in [-0.4, -0.2) is 53.0 Å². The first-order valence-electron chi connectivity index (χ1n) is 11.5. The maximum atomic E-state index is 13.3. The molecular formula is C24H33N7O4S. The molecule has 36 heavy (non-hydrogen) atoms. The summed E-state index contributed by atoms with van der Waals surface area (Å²) in [6, 6.07) is 7.33. The Bertz CT molecular complexity index is 1410. The molecule has 0 aromatic carbocycles. The molecule has 3 N–H and O–H groups in total. The fourth-order valence-corrected chi connectivity index (χ4v) is 5.37. The highest BCUT2D eigenvalue weighted by Crippen LogP contribution is 2.38.